The van der Waals surface area contributed by atoms with Crippen LogP contribution in [0.5, 0.6) is 0 Å². The molecule has 24 heavy (non-hydrogen) atoms. The van der Waals surface area contributed by atoms with Crippen LogP contribution in [0.25, 0.3) is 0 Å². The third-order valence-electron chi connectivity index (χ3n) is 5.70. The van der Waals surface area contributed by atoms with Crippen molar-refractivity contribution in [2.24, 2.45) is 5.92 Å². The maximum Gasteiger partial charge on any atom is 0.225 e. The van der Waals surface area contributed by atoms with E-state index in [0.29, 0.717) is 25.6 Å². The molecule has 0 spiro atoms. The summed E-state index contributed by atoms with van der Waals surface area (Å²) in [7, 11) is 0. The number of rotatable bonds is 4. The van der Waals surface area contributed by atoms with E-state index in [1.165, 1.54) is 19.3 Å². The molecule has 0 radical (unpaired) electrons. The molecule has 3 fully saturated rings. The highest BCUT2D eigenvalue weighted by atomic mass is 16.3. The molecule has 6 nitrogen and oxygen atoms in total. The zero-order valence-electron chi connectivity index (χ0n) is 13.9. The van der Waals surface area contributed by atoms with E-state index in [1.54, 1.807) is 11.2 Å². The van der Waals surface area contributed by atoms with Crippen LogP contribution in [0.2, 0.25) is 0 Å². The molecule has 4 rings (SSSR count). The lowest BCUT2D eigenvalue weighted by Gasteiger charge is -2.32. The van der Waals surface area contributed by atoms with Crippen LogP contribution < -0.4 is 5.32 Å². The average Bonchev–Trinajstić information content (AvgIpc) is 3.30. The minimum atomic E-state index is -0.231. The highest BCUT2D eigenvalue weighted by Gasteiger charge is 2.39. The highest BCUT2D eigenvalue weighted by molar-refractivity contribution is 5.89. The Hall–Kier alpha value is -1.82. The standard InChI is InChI=1S/C18H25N3O3/c22-17-10-13(11-21(17)12-14-4-3-9-24-14)18(23)19-15-6-8-20-7-2-1-5-16(15)20/h3-4,9,13,15-16H,1-2,5-8,10-12H2,(H,19,23)/t13-,15-,16+/m1/s1. The van der Waals surface area contributed by atoms with Crippen molar-refractivity contribution >= 4 is 11.8 Å². The number of hydrogen-bond donors (Lipinski definition) is 1. The van der Waals surface area contributed by atoms with Gasteiger partial charge in [-0.1, -0.05) is 6.42 Å². The number of hydrogen-bond acceptors (Lipinski definition) is 4. The number of amides is 2. The Kier molecular flexibility index (Phi) is 4.31. The third kappa shape index (κ3) is 3.07. The Labute approximate surface area is 142 Å². The van der Waals surface area contributed by atoms with Gasteiger partial charge in [-0.15, -0.1) is 0 Å². The van der Waals surface area contributed by atoms with Crippen molar-refractivity contribution in [2.75, 3.05) is 19.6 Å². The van der Waals surface area contributed by atoms with E-state index < -0.39 is 0 Å². The van der Waals surface area contributed by atoms with E-state index in [2.05, 4.69) is 10.2 Å². The Morgan fingerprint density at radius 1 is 1.29 bits per heavy atom. The van der Waals surface area contributed by atoms with Gasteiger partial charge in [-0.05, 0) is 37.9 Å². The average molecular weight is 331 g/mol. The van der Waals surface area contributed by atoms with Crippen LogP contribution >= 0.6 is 0 Å². The summed E-state index contributed by atoms with van der Waals surface area (Å²) in [5, 5.41) is 3.24. The molecule has 0 aliphatic carbocycles. The third-order valence-corrected chi connectivity index (χ3v) is 5.70. The van der Waals surface area contributed by atoms with Gasteiger partial charge in [0.1, 0.15) is 5.76 Å². The van der Waals surface area contributed by atoms with Crippen LogP contribution in [-0.2, 0) is 16.1 Å². The quantitative estimate of drug-likeness (QED) is 0.905. The minimum Gasteiger partial charge on any atom is -0.467 e. The van der Waals surface area contributed by atoms with Gasteiger partial charge in [0.25, 0.3) is 0 Å². The van der Waals surface area contributed by atoms with Crippen LogP contribution in [0.15, 0.2) is 22.8 Å². The lowest BCUT2D eigenvalue weighted by Crippen LogP contribution is -2.48. The van der Waals surface area contributed by atoms with E-state index in [-0.39, 0.29) is 23.8 Å². The monoisotopic (exact) mass is 331 g/mol. The Balaban J connectivity index is 1.33. The summed E-state index contributed by atoms with van der Waals surface area (Å²) < 4.78 is 5.31. The molecule has 6 heteroatoms. The van der Waals surface area contributed by atoms with Gasteiger partial charge in [0.15, 0.2) is 0 Å². The zero-order chi connectivity index (χ0) is 16.5. The molecule has 2 amide bonds. The molecule has 4 heterocycles. The SMILES string of the molecule is O=C(N[C@@H]1CCN2CCCC[C@@H]12)[C@@H]1CC(=O)N(Cc2ccco2)C1. The fourth-order valence-electron chi connectivity index (χ4n) is 4.41. The van der Waals surface area contributed by atoms with E-state index in [1.807, 2.05) is 12.1 Å². The van der Waals surface area contributed by atoms with E-state index in [9.17, 15) is 9.59 Å². The Morgan fingerprint density at radius 2 is 2.21 bits per heavy atom. The summed E-state index contributed by atoms with van der Waals surface area (Å²) in [6, 6.07) is 4.43. The van der Waals surface area contributed by atoms with Crippen LogP contribution in [0.1, 0.15) is 37.9 Å². The second kappa shape index (κ2) is 6.59. The maximum absolute atomic E-state index is 12.6. The first-order valence-electron chi connectivity index (χ1n) is 9.05. The van der Waals surface area contributed by atoms with Crippen molar-refractivity contribution < 1.29 is 14.0 Å². The second-order valence-electron chi connectivity index (χ2n) is 7.26. The van der Waals surface area contributed by atoms with Gasteiger partial charge in [-0.25, -0.2) is 0 Å². The molecular weight excluding hydrogens is 306 g/mol. The number of furan rings is 1. The van der Waals surface area contributed by atoms with E-state index in [4.69, 9.17) is 4.42 Å². The normalized spacial score (nSPS) is 30.6. The summed E-state index contributed by atoms with van der Waals surface area (Å²) in [6.45, 7) is 3.20. The summed E-state index contributed by atoms with van der Waals surface area (Å²) in [6.07, 6.45) is 6.67. The van der Waals surface area contributed by atoms with Crippen molar-refractivity contribution in [1.82, 2.24) is 15.1 Å². The van der Waals surface area contributed by atoms with Crippen molar-refractivity contribution in [1.29, 1.82) is 0 Å². The van der Waals surface area contributed by atoms with E-state index >= 15 is 0 Å². The number of piperidine rings is 1. The Bertz CT molecular complexity index is 601. The molecule has 0 aromatic carbocycles. The summed E-state index contributed by atoms with van der Waals surface area (Å²) in [5.74, 6) is 0.614. The Morgan fingerprint density at radius 3 is 3.04 bits per heavy atom. The molecule has 3 aliphatic heterocycles. The van der Waals surface area contributed by atoms with Crippen LogP contribution in [0, 0.1) is 5.92 Å². The molecule has 130 valence electrons. The van der Waals surface area contributed by atoms with Crippen molar-refractivity contribution in [3.8, 4) is 0 Å². The second-order valence-corrected chi connectivity index (χ2v) is 7.26. The molecule has 3 atom stereocenters. The minimum absolute atomic E-state index is 0.0391. The number of carbonyl (C=O) groups is 2. The topological polar surface area (TPSA) is 65.8 Å². The smallest absolute Gasteiger partial charge is 0.225 e. The number of nitrogens with zero attached hydrogens (tertiary/aromatic N) is 2. The number of likely N-dealkylation sites (tertiary alicyclic amines) is 1. The number of carbonyl (C=O) groups excluding carboxylic acids is 2. The molecule has 1 aromatic heterocycles. The largest absolute Gasteiger partial charge is 0.467 e. The predicted octanol–water partition coefficient (Wildman–Crippen LogP) is 1.37. The van der Waals surface area contributed by atoms with Crippen LogP contribution in [0.4, 0.5) is 0 Å². The van der Waals surface area contributed by atoms with E-state index in [0.717, 1.165) is 25.3 Å². The highest BCUT2D eigenvalue weighted by Crippen LogP contribution is 2.28. The van der Waals surface area contributed by atoms with Crippen LogP contribution in [0.3, 0.4) is 0 Å². The van der Waals surface area contributed by atoms with Crippen molar-refractivity contribution in [3.05, 3.63) is 24.2 Å². The first-order valence-corrected chi connectivity index (χ1v) is 9.05. The fourth-order valence-corrected chi connectivity index (χ4v) is 4.41. The molecule has 0 unspecified atom stereocenters. The van der Waals surface area contributed by atoms with Gasteiger partial charge in [-0.3, -0.25) is 14.5 Å². The van der Waals surface area contributed by atoms with Gasteiger partial charge in [0.05, 0.1) is 18.7 Å². The molecule has 1 N–H and O–H groups in total. The lowest BCUT2D eigenvalue weighted by molar-refractivity contribution is -0.129. The summed E-state index contributed by atoms with van der Waals surface area (Å²) in [4.78, 5) is 29.1. The molecule has 1 aromatic rings. The molecule has 0 saturated carbocycles. The van der Waals surface area contributed by atoms with Gasteiger partial charge in [0.2, 0.25) is 11.8 Å². The summed E-state index contributed by atoms with van der Waals surface area (Å²) >= 11 is 0. The maximum atomic E-state index is 12.6. The lowest BCUT2D eigenvalue weighted by atomic mass is 9.98. The van der Waals surface area contributed by atoms with Gasteiger partial charge in [0, 0.05) is 31.6 Å². The van der Waals surface area contributed by atoms with Gasteiger partial charge >= 0.3 is 0 Å². The van der Waals surface area contributed by atoms with Crippen molar-refractivity contribution in [2.45, 2.75) is 50.7 Å². The van der Waals surface area contributed by atoms with Gasteiger partial charge in [-0.2, -0.15) is 0 Å². The fraction of sp³-hybridized carbons (Fsp3) is 0.667. The number of fused-ring (bicyclic) bond motifs is 1. The molecular formula is C18H25N3O3. The van der Waals surface area contributed by atoms with Crippen molar-refractivity contribution in [3.63, 3.8) is 0 Å². The number of nitrogens with one attached hydrogen (secondary N) is 1. The zero-order valence-corrected chi connectivity index (χ0v) is 13.9. The molecule has 0 bridgehead atoms. The van der Waals surface area contributed by atoms with Gasteiger partial charge < -0.3 is 14.6 Å². The molecule has 3 saturated heterocycles. The first kappa shape index (κ1) is 15.7. The summed E-state index contributed by atoms with van der Waals surface area (Å²) in [5.41, 5.74) is 0. The van der Waals surface area contributed by atoms with Crippen LogP contribution in [-0.4, -0.2) is 53.3 Å². The first-order chi connectivity index (χ1) is 11.7. The molecule has 3 aliphatic rings. The predicted molar refractivity (Wildman–Crippen MR) is 88.0 cm³/mol.